The molecule has 0 aliphatic carbocycles. The van der Waals surface area contributed by atoms with Crippen molar-refractivity contribution < 1.29 is 23.1 Å². The molecule has 2 aromatic carbocycles. The van der Waals surface area contributed by atoms with E-state index in [-0.39, 0.29) is 4.47 Å². The second kappa shape index (κ2) is 7.00. The van der Waals surface area contributed by atoms with Crippen LogP contribution in [0, 0.1) is 0 Å². The first-order valence-corrected chi connectivity index (χ1v) is 10.7. The van der Waals surface area contributed by atoms with Crippen molar-refractivity contribution in [3.63, 3.8) is 0 Å². The highest BCUT2D eigenvalue weighted by molar-refractivity contribution is 9.10. The van der Waals surface area contributed by atoms with Crippen molar-refractivity contribution >= 4 is 62.0 Å². The van der Waals surface area contributed by atoms with E-state index in [1.807, 2.05) is 22.8 Å². The molecule has 4 nitrogen and oxygen atoms in total. The number of hydrogen-bond donors (Lipinski definition) is 2. The fourth-order valence-electron chi connectivity index (χ4n) is 2.61. The summed E-state index contributed by atoms with van der Waals surface area (Å²) in [5, 5.41) is 1.41. The van der Waals surface area contributed by atoms with Crippen molar-refractivity contribution in [1.82, 2.24) is 4.57 Å². The molecule has 0 unspecified atom stereocenters. The molecule has 0 atom stereocenters. The van der Waals surface area contributed by atoms with Gasteiger partial charge < -0.3 is 14.4 Å². The first-order valence-electron chi connectivity index (χ1n) is 7.17. The Labute approximate surface area is 169 Å². The third kappa shape index (κ3) is 3.63. The van der Waals surface area contributed by atoms with Crippen molar-refractivity contribution in [2.45, 2.75) is 12.2 Å². The van der Waals surface area contributed by atoms with Gasteiger partial charge in [-0.15, -0.1) is 0 Å². The number of halogens is 5. The summed E-state index contributed by atoms with van der Waals surface area (Å²) in [6, 6.07) is 9.47. The smallest absolute Gasteiger partial charge is 0.342 e. The summed E-state index contributed by atoms with van der Waals surface area (Å²) in [5.74, 6) is 0. The average molecular weight is 529 g/mol. The lowest BCUT2D eigenvalue weighted by Gasteiger charge is -2.19. The molecule has 0 spiro atoms. The van der Waals surface area contributed by atoms with Gasteiger partial charge in [0, 0.05) is 38.2 Å². The SMILES string of the molecule is O=P(O)(O)C(F)(F)c1ccc(Cn2cc(Cl)c3cc(Br)ccc32)cc1Br. The predicted octanol–water partition coefficient (Wildman–Crippen LogP) is 6.10. The first kappa shape index (κ1) is 20.0. The maximum Gasteiger partial charge on any atom is 0.399 e. The van der Waals surface area contributed by atoms with Crippen LogP contribution in [0.5, 0.6) is 0 Å². The van der Waals surface area contributed by atoms with Gasteiger partial charge in [-0.2, -0.15) is 8.78 Å². The molecule has 0 aliphatic rings. The topological polar surface area (TPSA) is 62.5 Å². The minimum absolute atomic E-state index is 0.0753. The number of rotatable bonds is 4. The molecule has 3 aromatic rings. The van der Waals surface area contributed by atoms with E-state index in [4.69, 9.17) is 21.4 Å². The fraction of sp³-hybridized carbons (Fsp3) is 0.125. The summed E-state index contributed by atoms with van der Waals surface area (Å²) in [6.45, 7) is 0.352. The number of alkyl halides is 2. The number of nitrogens with zero attached hydrogens (tertiary/aromatic N) is 1. The molecule has 0 aliphatic heterocycles. The number of fused-ring (bicyclic) bond motifs is 1. The molecule has 2 N–H and O–H groups in total. The van der Waals surface area contributed by atoms with Gasteiger partial charge in [-0.3, -0.25) is 4.57 Å². The van der Waals surface area contributed by atoms with E-state index in [0.29, 0.717) is 17.1 Å². The molecule has 3 rings (SSSR count). The van der Waals surface area contributed by atoms with Crippen LogP contribution in [0.4, 0.5) is 8.78 Å². The molecule has 0 saturated heterocycles. The van der Waals surface area contributed by atoms with E-state index in [9.17, 15) is 13.3 Å². The molecule has 26 heavy (non-hydrogen) atoms. The summed E-state index contributed by atoms with van der Waals surface area (Å²) in [6.07, 6.45) is 1.74. The zero-order valence-corrected chi connectivity index (χ0v) is 17.7. The Hall–Kier alpha value is -0.760. The third-order valence-electron chi connectivity index (χ3n) is 3.87. The summed E-state index contributed by atoms with van der Waals surface area (Å²) in [4.78, 5) is 17.8. The fourth-order valence-corrected chi connectivity index (χ4v) is 4.58. The molecule has 0 saturated carbocycles. The van der Waals surface area contributed by atoms with Crippen molar-refractivity contribution in [1.29, 1.82) is 0 Å². The van der Waals surface area contributed by atoms with Gasteiger partial charge in [-0.25, -0.2) is 0 Å². The van der Waals surface area contributed by atoms with Gasteiger partial charge in [0.25, 0.3) is 0 Å². The Kier molecular flexibility index (Phi) is 5.38. The Bertz CT molecular complexity index is 1050. The molecule has 1 heterocycles. The number of benzene rings is 2. The molecule has 10 heteroatoms. The Balaban J connectivity index is 1.98. The lowest BCUT2D eigenvalue weighted by atomic mass is 10.1. The van der Waals surface area contributed by atoms with Gasteiger partial charge in [-0.05, 0) is 29.8 Å². The second-order valence-electron chi connectivity index (χ2n) is 5.67. The Morgan fingerprint density at radius 3 is 2.46 bits per heavy atom. The highest BCUT2D eigenvalue weighted by atomic mass is 79.9. The molecule has 0 amide bonds. The van der Waals surface area contributed by atoms with Crippen LogP contribution in [-0.4, -0.2) is 14.4 Å². The van der Waals surface area contributed by atoms with Gasteiger partial charge in [0.1, 0.15) is 0 Å². The number of hydrogen-bond acceptors (Lipinski definition) is 1. The van der Waals surface area contributed by atoms with Crippen LogP contribution >= 0.6 is 51.1 Å². The van der Waals surface area contributed by atoms with Crippen molar-refractivity contribution in [2.24, 2.45) is 0 Å². The lowest BCUT2D eigenvalue weighted by Crippen LogP contribution is -2.14. The van der Waals surface area contributed by atoms with E-state index in [1.54, 1.807) is 6.20 Å². The first-order chi connectivity index (χ1) is 12.0. The third-order valence-corrected chi connectivity index (χ3v) is 6.29. The summed E-state index contributed by atoms with van der Waals surface area (Å²) in [7, 11) is -5.62. The quantitative estimate of drug-likeness (QED) is 0.402. The van der Waals surface area contributed by atoms with E-state index in [2.05, 4.69) is 31.9 Å². The van der Waals surface area contributed by atoms with Crippen LogP contribution in [0.1, 0.15) is 11.1 Å². The van der Waals surface area contributed by atoms with E-state index in [1.165, 1.54) is 12.1 Å². The van der Waals surface area contributed by atoms with E-state index < -0.39 is 18.8 Å². The molecular weight excluding hydrogens is 518 g/mol. The van der Waals surface area contributed by atoms with Crippen molar-refractivity contribution in [3.8, 4) is 0 Å². The standard InChI is InChI=1S/C16H11Br2ClF2NO3P/c17-10-2-4-15-11(6-10)14(19)8-22(15)7-9-1-3-12(13(18)5-9)16(20,21)26(23,24)25/h1-6,8H,7H2,(H2,23,24,25). The summed E-state index contributed by atoms with van der Waals surface area (Å²) >= 11 is 12.6. The van der Waals surface area contributed by atoms with Crippen LogP contribution in [0.2, 0.25) is 5.02 Å². The zero-order chi connectivity index (χ0) is 19.3. The van der Waals surface area contributed by atoms with Gasteiger partial charge in [-0.1, -0.05) is 55.6 Å². The highest BCUT2D eigenvalue weighted by Crippen LogP contribution is 2.60. The van der Waals surface area contributed by atoms with E-state index in [0.717, 1.165) is 21.4 Å². The van der Waals surface area contributed by atoms with Crippen molar-refractivity contribution in [2.75, 3.05) is 0 Å². The molecular formula is C16H11Br2ClF2NO3P. The van der Waals surface area contributed by atoms with Gasteiger partial charge in [0.05, 0.1) is 5.02 Å². The highest BCUT2D eigenvalue weighted by Gasteiger charge is 2.51. The summed E-state index contributed by atoms with van der Waals surface area (Å²) in [5.41, 5.74) is -3.48. The Morgan fingerprint density at radius 2 is 1.85 bits per heavy atom. The van der Waals surface area contributed by atoms with Crippen LogP contribution in [0.25, 0.3) is 10.9 Å². The lowest BCUT2D eigenvalue weighted by molar-refractivity contribution is 0.0557. The van der Waals surface area contributed by atoms with Gasteiger partial charge in [0.2, 0.25) is 0 Å². The van der Waals surface area contributed by atoms with Gasteiger partial charge >= 0.3 is 13.3 Å². The molecule has 1 aromatic heterocycles. The molecule has 138 valence electrons. The molecule has 0 fully saturated rings. The molecule has 0 radical (unpaired) electrons. The maximum absolute atomic E-state index is 13.9. The normalized spacial score (nSPS) is 12.7. The minimum Gasteiger partial charge on any atom is -0.342 e. The summed E-state index contributed by atoms with van der Waals surface area (Å²) < 4.78 is 41.6. The largest absolute Gasteiger partial charge is 0.399 e. The predicted molar refractivity (Wildman–Crippen MR) is 104 cm³/mol. The second-order valence-corrected chi connectivity index (χ2v) is 9.49. The average Bonchev–Trinajstić information content (AvgIpc) is 2.81. The molecule has 0 bridgehead atoms. The van der Waals surface area contributed by atoms with Crippen LogP contribution in [-0.2, 0) is 16.8 Å². The van der Waals surface area contributed by atoms with Crippen LogP contribution < -0.4 is 0 Å². The minimum atomic E-state index is -5.62. The number of aromatic nitrogens is 1. The van der Waals surface area contributed by atoms with Gasteiger partial charge in [0.15, 0.2) is 0 Å². The van der Waals surface area contributed by atoms with E-state index >= 15 is 0 Å². The monoisotopic (exact) mass is 527 g/mol. The van der Waals surface area contributed by atoms with Crippen LogP contribution in [0.15, 0.2) is 51.5 Å². The van der Waals surface area contributed by atoms with Crippen LogP contribution in [0.3, 0.4) is 0 Å². The Morgan fingerprint density at radius 1 is 1.15 bits per heavy atom. The maximum atomic E-state index is 13.9. The zero-order valence-electron chi connectivity index (χ0n) is 12.8. The van der Waals surface area contributed by atoms with Crippen molar-refractivity contribution in [3.05, 3.63) is 67.7 Å².